The summed E-state index contributed by atoms with van der Waals surface area (Å²) in [4.78, 5) is 37.8. The number of rotatable bonds is 6. The highest BCUT2D eigenvalue weighted by atomic mass is 16.6. The normalized spacial score (nSPS) is 21.0. The maximum Gasteiger partial charge on any atom is 0.342 e. The van der Waals surface area contributed by atoms with Gasteiger partial charge in [-0.2, -0.15) is 0 Å². The first-order chi connectivity index (χ1) is 11.8. The Bertz CT molecular complexity index is 665. The van der Waals surface area contributed by atoms with Crippen LogP contribution in [0.25, 0.3) is 0 Å². The fourth-order valence-corrected chi connectivity index (χ4v) is 2.79. The van der Waals surface area contributed by atoms with Crippen molar-refractivity contribution in [2.75, 3.05) is 13.7 Å². The number of nitrogens with one attached hydrogen (secondary N) is 1. The number of nitrogens with two attached hydrogens (primary N) is 1. The summed E-state index contributed by atoms with van der Waals surface area (Å²) in [6.45, 7) is 3.97. The Morgan fingerprint density at radius 2 is 1.92 bits per heavy atom. The Morgan fingerprint density at radius 3 is 2.48 bits per heavy atom. The molecule has 7 heteroatoms. The standard InChI is InChI=1S/C18H24N2O5/c1-11(2)14(19)16(22)25-17(23)18(9-6-10-20-18)15(21)12-7-4-5-8-13(12)24-3/h4-5,7-8,11,14,20H,6,9-10,19H2,1-3H3/t14?,18-/m1/s1. The third-order valence-electron chi connectivity index (χ3n) is 4.43. The predicted octanol–water partition coefficient (Wildman–Crippen LogP) is 1.05. The molecule has 0 aliphatic carbocycles. The summed E-state index contributed by atoms with van der Waals surface area (Å²) in [5.41, 5.74) is 4.40. The van der Waals surface area contributed by atoms with E-state index in [-0.39, 0.29) is 17.9 Å². The van der Waals surface area contributed by atoms with Gasteiger partial charge in [-0.1, -0.05) is 26.0 Å². The van der Waals surface area contributed by atoms with Gasteiger partial charge in [0.15, 0.2) is 11.3 Å². The average Bonchev–Trinajstić information content (AvgIpc) is 3.11. The van der Waals surface area contributed by atoms with Crippen LogP contribution in [-0.2, 0) is 14.3 Å². The Kier molecular flexibility index (Phi) is 5.92. The fraction of sp³-hybridized carbons (Fsp3) is 0.500. The molecule has 1 aromatic rings. The molecule has 1 saturated heterocycles. The van der Waals surface area contributed by atoms with Gasteiger partial charge in [0, 0.05) is 0 Å². The minimum absolute atomic E-state index is 0.183. The first-order valence-corrected chi connectivity index (χ1v) is 8.28. The highest BCUT2D eigenvalue weighted by molar-refractivity contribution is 6.19. The van der Waals surface area contributed by atoms with Crippen molar-refractivity contribution >= 4 is 17.7 Å². The van der Waals surface area contributed by atoms with Crippen LogP contribution >= 0.6 is 0 Å². The van der Waals surface area contributed by atoms with Crippen LogP contribution in [0.5, 0.6) is 5.75 Å². The van der Waals surface area contributed by atoms with E-state index in [4.69, 9.17) is 15.2 Å². The van der Waals surface area contributed by atoms with Crippen LogP contribution in [0.4, 0.5) is 0 Å². The van der Waals surface area contributed by atoms with Crippen molar-refractivity contribution in [1.29, 1.82) is 0 Å². The number of hydrogen-bond acceptors (Lipinski definition) is 7. The highest BCUT2D eigenvalue weighted by Gasteiger charge is 2.51. The quantitative estimate of drug-likeness (QED) is 0.449. The number of para-hydroxylation sites is 1. The summed E-state index contributed by atoms with van der Waals surface area (Å²) >= 11 is 0. The van der Waals surface area contributed by atoms with Crippen molar-refractivity contribution in [3.8, 4) is 5.75 Å². The van der Waals surface area contributed by atoms with Gasteiger partial charge >= 0.3 is 11.9 Å². The van der Waals surface area contributed by atoms with Gasteiger partial charge in [-0.05, 0) is 37.4 Å². The van der Waals surface area contributed by atoms with Gasteiger partial charge in [-0.25, -0.2) is 9.59 Å². The van der Waals surface area contributed by atoms with E-state index in [1.165, 1.54) is 7.11 Å². The maximum atomic E-state index is 13.1. The molecule has 1 aromatic carbocycles. The van der Waals surface area contributed by atoms with Gasteiger partial charge < -0.3 is 15.2 Å². The van der Waals surface area contributed by atoms with Crippen LogP contribution in [-0.4, -0.2) is 43.0 Å². The van der Waals surface area contributed by atoms with Crippen molar-refractivity contribution in [3.05, 3.63) is 29.8 Å². The highest BCUT2D eigenvalue weighted by Crippen LogP contribution is 2.30. The van der Waals surface area contributed by atoms with Crippen molar-refractivity contribution in [1.82, 2.24) is 5.32 Å². The van der Waals surface area contributed by atoms with Crippen LogP contribution in [0.1, 0.15) is 37.0 Å². The van der Waals surface area contributed by atoms with Crippen molar-refractivity contribution in [2.45, 2.75) is 38.3 Å². The molecule has 1 heterocycles. The lowest BCUT2D eigenvalue weighted by molar-refractivity contribution is -0.164. The number of ketones is 1. The number of carbonyl (C=O) groups excluding carboxylic acids is 3. The molecule has 0 bridgehead atoms. The molecule has 1 unspecified atom stereocenters. The van der Waals surface area contributed by atoms with Crippen LogP contribution in [0.2, 0.25) is 0 Å². The zero-order valence-electron chi connectivity index (χ0n) is 14.7. The van der Waals surface area contributed by atoms with E-state index in [9.17, 15) is 14.4 Å². The van der Waals surface area contributed by atoms with E-state index in [1.54, 1.807) is 38.1 Å². The minimum atomic E-state index is -1.60. The van der Waals surface area contributed by atoms with Gasteiger partial charge in [-0.3, -0.25) is 10.1 Å². The molecule has 0 saturated carbocycles. The van der Waals surface area contributed by atoms with E-state index < -0.39 is 29.3 Å². The summed E-state index contributed by atoms with van der Waals surface area (Å²) in [6, 6.07) is 5.71. The molecule has 2 rings (SSSR count). The number of methoxy groups -OCH3 is 1. The molecular weight excluding hydrogens is 324 g/mol. The lowest BCUT2D eigenvalue weighted by Gasteiger charge is -2.26. The van der Waals surface area contributed by atoms with Crippen molar-refractivity contribution < 1.29 is 23.9 Å². The van der Waals surface area contributed by atoms with Crippen LogP contribution in [0, 0.1) is 5.92 Å². The van der Waals surface area contributed by atoms with Gasteiger partial charge in [0.05, 0.1) is 12.7 Å². The molecule has 25 heavy (non-hydrogen) atoms. The Morgan fingerprint density at radius 1 is 1.24 bits per heavy atom. The molecule has 2 atom stereocenters. The van der Waals surface area contributed by atoms with Crippen molar-refractivity contribution in [2.24, 2.45) is 11.7 Å². The number of ether oxygens (including phenoxy) is 2. The van der Waals surface area contributed by atoms with E-state index in [2.05, 4.69) is 5.32 Å². The number of carbonyl (C=O) groups is 3. The third-order valence-corrected chi connectivity index (χ3v) is 4.43. The predicted molar refractivity (Wildman–Crippen MR) is 91.2 cm³/mol. The lowest BCUT2D eigenvalue weighted by Crippen LogP contribution is -2.56. The topological polar surface area (TPSA) is 108 Å². The summed E-state index contributed by atoms with van der Waals surface area (Å²) in [7, 11) is 1.45. The van der Waals surface area contributed by atoms with Gasteiger partial charge in [-0.15, -0.1) is 0 Å². The number of hydrogen-bond donors (Lipinski definition) is 2. The monoisotopic (exact) mass is 348 g/mol. The third kappa shape index (κ3) is 3.72. The SMILES string of the molecule is COc1ccccc1C(=O)[C@@]1(C(=O)OC(=O)C(N)C(C)C)CCCN1. The minimum Gasteiger partial charge on any atom is -0.496 e. The zero-order valence-corrected chi connectivity index (χ0v) is 14.7. The smallest absolute Gasteiger partial charge is 0.342 e. The maximum absolute atomic E-state index is 13.1. The van der Waals surface area contributed by atoms with Gasteiger partial charge in [0.2, 0.25) is 0 Å². The molecule has 3 N–H and O–H groups in total. The van der Waals surface area contributed by atoms with E-state index >= 15 is 0 Å². The fourth-order valence-electron chi connectivity index (χ4n) is 2.79. The summed E-state index contributed by atoms with van der Waals surface area (Å²) < 4.78 is 10.2. The first-order valence-electron chi connectivity index (χ1n) is 8.28. The molecule has 0 aromatic heterocycles. The van der Waals surface area contributed by atoms with Gasteiger partial charge in [0.25, 0.3) is 0 Å². The Labute approximate surface area is 146 Å². The van der Waals surface area contributed by atoms with Crippen LogP contribution < -0.4 is 15.8 Å². The number of esters is 2. The van der Waals surface area contributed by atoms with Crippen molar-refractivity contribution in [3.63, 3.8) is 0 Å². The van der Waals surface area contributed by atoms with E-state index in [0.29, 0.717) is 18.7 Å². The van der Waals surface area contributed by atoms with Crippen LogP contribution in [0.3, 0.4) is 0 Å². The molecule has 1 aliphatic rings. The summed E-state index contributed by atoms with van der Waals surface area (Å²) in [6.07, 6.45) is 0.854. The molecule has 7 nitrogen and oxygen atoms in total. The number of benzene rings is 1. The zero-order chi connectivity index (χ0) is 18.6. The van der Waals surface area contributed by atoms with Gasteiger partial charge in [0.1, 0.15) is 11.8 Å². The summed E-state index contributed by atoms with van der Waals surface area (Å²) in [5.74, 6) is -2.04. The van der Waals surface area contributed by atoms with E-state index in [0.717, 1.165) is 0 Å². The average molecular weight is 348 g/mol. The lowest BCUT2D eigenvalue weighted by atomic mass is 9.87. The Hall–Kier alpha value is -2.25. The molecule has 0 amide bonds. The van der Waals surface area contributed by atoms with E-state index in [1.807, 2.05) is 0 Å². The molecule has 0 radical (unpaired) electrons. The summed E-state index contributed by atoms with van der Waals surface area (Å²) in [5, 5.41) is 2.92. The second-order valence-corrected chi connectivity index (χ2v) is 6.44. The molecular formula is C18H24N2O5. The second-order valence-electron chi connectivity index (χ2n) is 6.44. The number of Topliss-reactive ketones (excluding diaryl/α,β-unsaturated/α-hetero) is 1. The first kappa shape index (κ1) is 19.1. The Balaban J connectivity index is 2.30. The molecule has 1 fully saturated rings. The molecule has 1 aliphatic heterocycles. The molecule has 136 valence electrons. The second kappa shape index (κ2) is 7.76. The molecule has 0 spiro atoms. The largest absolute Gasteiger partial charge is 0.496 e. The van der Waals surface area contributed by atoms with Crippen LogP contribution in [0.15, 0.2) is 24.3 Å².